The van der Waals surface area contributed by atoms with E-state index in [-0.39, 0.29) is 0 Å². The van der Waals surface area contributed by atoms with Gasteiger partial charge in [0, 0.05) is 11.1 Å². The maximum absolute atomic E-state index is 10.4. The predicted molar refractivity (Wildman–Crippen MR) is 63.2 cm³/mol. The minimum absolute atomic E-state index is 0.342. The summed E-state index contributed by atoms with van der Waals surface area (Å²) in [5, 5.41) is -0.451. The molecule has 0 aliphatic rings. The molecule has 0 saturated carbocycles. The summed E-state index contributed by atoms with van der Waals surface area (Å²) in [5.74, 6) is 0. The van der Waals surface area contributed by atoms with Gasteiger partial charge in [0.25, 0.3) is 0 Å². The van der Waals surface area contributed by atoms with Crippen LogP contribution in [0.4, 0.5) is 0 Å². The number of rotatable bonds is 5. The van der Waals surface area contributed by atoms with Gasteiger partial charge in [-0.3, -0.25) is 4.79 Å². The van der Waals surface area contributed by atoms with Gasteiger partial charge in [0.05, 0.1) is 10.3 Å². The Kier molecular flexibility index (Phi) is 6.17. The van der Waals surface area contributed by atoms with Crippen molar-refractivity contribution in [3.05, 3.63) is 35.9 Å². The molecule has 0 bridgehead atoms. The molecule has 0 radical (unpaired) electrons. The average Bonchev–Trinajstić information content (AvgIpc) is 2.19. The number of hydrogen-bond acceptors (Lipinski definition) is 1. The minimum atomic E-state index is -0.738. The first kappa shape index (κ1) is 13.8. The third kappa shape index (κ3) is 4.32. The van der Waals surface area contributed by atoms with Crippen LogP contribution in [0, 0.1) is 0 Å². The van der Waals surface area contributed by atoms with Crippen LogP contribution in [-0.4, -0.2) is 16.5 Å². The Morgan fingerprint density at radius 2 is 2.14 bits per heavy atom. The first-order valence-corrected chi connectivity index (χ1v) is 5.13. The van der Waals surface area contributed by atoms with E-state index in [2.05, 4.69) is 6.58 Å². The fourth-order valence-electron chi connectivity index (χ4n) is 0.598. The zero-order chi connectivity index (χ0) is 11.2. The van der Waals surface area contributed by atoms with E-state index in [1.807, 2.05) is 0 Å². The third-order valence-electron chi connectivity index (χ3n) is 1.66. The van der Waals surface area contributed by atoms with Crippen molar-refractivity contribution < 1.29 is 4.79 Å². The Morgan fingerprint density at radius 3 is 2.50 bits per heavy atom. The molecular weight excluding hydrogens is 242 g/mol. The molecule has 2 atom stereocenters. The lowest BCUT2D eigenvalue weighted by molar-refractivity contribution is -0.104. The van der Waals surface area contributed by atoms with Crippen molar-refractivity contribution in [1.29, 1.82) is 0 Å². The number of aldehydes is 1. The highest BCUT2D eigenvalue weighted by molar-refractivity contribution is 6.34. The fourth-order valence-corrected chi connectivity index (χ4v) is 0.956. The second kappa shape index (κ2) is 6.28. The molecule has 0 aliphatic carbocycles. The van der Waals surface area contributed by atoms with E-state index in [0.717, 1.165) is 0 Å². The number of alkyl halides is 2. The lowest BCUT2D eigenvalue weighted by atomic mass is 10.1. The topological polar surface area (TPSA) is 17.1 Å². The van der Waals surface area contributed by atoms with Crippen LogP contribution in [0.15, 0.2) is 35.9 Å². The molecule has 0 heterocycles. The third-order valence-corrected chi connectivity index (χ3v) is 3.01. The highest BCUT2D eigenvalue weighted by Crippen LogP contribution is 2.26. The van der Waals surface area contributed by atoms with Gasteiger partial charge in [0.1, 0.15) is 0 Å². The van der Waals surface area contributed by atoms with Gasteiger partial charge in [-0.25, -0.2) is 0 Å². The van der Waals surface area contributed by atoms with E-state index in [9.17, 15) is 4.79 Å². The molecule has 0 saturated heterocycles. The number of carbonyl (C=O) groups excluding carboxylic acids is 1. The van der Waals surface area contributed by atoms with Crippen LogP contribution in [-0.2, 0) is 4.79 Å². The van der Waals surface area contributed by atoms with Crippen LogP contribution < -0.4 is 0 Å². The van der Waals surface area contributed by atoms with E-state index in [4.69, 9.17) is 34.8 Å². The summed E-state index contributed by atoms with van der Waals surface area (Å²) in [6.07, 6.45) is 5.29. The molecule has 4 heteroatoms. The first-order valence-electron chi connectivity index (χ1n) is 3.88. The van der Waals surface area contributed by atoms with Gasteiger partial charge >= 0.3 is 0 Å². The molecule has 2 unspecified atom stereocenters. The molecule has 0 amide bonds. The molecule has 78 valence electrons. The summed E-state index contributed by atoms with van der Waals surface area (Å²) < 4.78 is 0. The van der Waals surface area contributed by atoms with Gasteiger partial charge in [0.15, 0.2) is 6.29 Å². The lowest BCUT2D eigenvalue weighted by Gasteiger charge is -2.20. The second-order valence-corrected chi connectivity index (χ2v) is 4.35. The van der Waals surface area contributed by atoms with Gasteiger partial charge in [-0.15, -0.1) is 29.8 Å². The van der Waals surface area contributed by atoms with E-state index in [1.165, 1.54) is 11.6 Å². The zero-order valence-corrected chi connectivity index (χ0v) is 9.98. The summed E-state index contributed by atoms with van der Waals surface area (Å²) in [7, 11) is 0. The van der Waals surface area contributed by atoms with Crippen molar-refractivity contribution in [3.63, 3.8) is 0 Å². The number of halogens is 3. The van der Waals surface area contributed by atoms with E-state index >= 15 is 0 Å². The van der Waals surface area contributed by atoms with Gasteiger partial charge in [-0.05, 0) is 6.92 Å². The van der Waals surface area contributed by atoms with Crippen LogP contribution in [0.25, 0.3) is 0 Å². The van der Waals surface area contributed by atoms with E-state index in [1.54, 1.807) is 19.1 Å². The summed E-state index contributed by atoms with van der Waals surface area (Å²) in [6.45, 7) is 5.29. The first-order chi connectivity index (χ1) is 6.47. The number of hydrogen-bond donors (Lipinski definition) is 0. The Labute approximate surface area is 99.0 Å². The Balaban J connectivity index is 4.53. The van der Waals surface area contributed by atoms with Gasteiger partial charge < -0.3 is 0 Å². The van der Waals surface area contributed by atoms with Crippen LogP contribution in [0.3, 0.4) is 0 Å². The fraction of sp³-hybridized carbons (Fsp3) is 0.300. The van der Waals surface area contributed by atoms with Crippen molar-refractivity contribution in [2.45, 2.75) is 17.2 Å². The quantitative estimate of drug-likeness (QED) is 0.240. The van der Waals surface area contributed by atoms with Gasteiger partial charge in [-0.1, -0.05) is 29.8 Å². The van der Waals surface area contributed by atoms with Crippen molar-refractivity contribution >= 4 is 41.1 Å². The molecule has 0 fully saturated rings. The summed E-state index contributed by atoms with van der Waals surface area (Å²) in [4.78, 5) is 9.63. The van der Waals surface area contributed by atoms with Crippen molar-refractivity contribution in [2.24, 2.45) is 0 Å². The largest absolute Gasteiger partial charge is 0.298 e. The Hall–Kier alpha value is -0.240. The number of allylic oxidation sites excluding steroid dienone is 4. The molecule has 0 spiro atoms. The zero-order valence-electron chi connectivity index (χ0n) is 7.71. The molecular formula is C10H11Cl3O. The molecule has 0 N–H and O–H groups in total. The van der Waals surface area contributed by atoms with Crippen molar-refractivity contribution in [3.8, 4) is 0 Å². The average molecular weight is 254 g/mol. The predicted octanol–water partition coefficient (Wildman–Crippen LogP) is 3.66. The van der Waals surface area contributed by atoms with Gasteiger partial charge in [0.2, 0.25) is 0 Å². The minimum Gasteiger partial charge on any atom is -0.298 e. The van der Waals surface area contributed by atoms with E-state index in [0.29, 0.717) is 11.9 Å². The standard InChI is InChI=1S/C10H11Cl3O/c1-3-10(2,13)9(12)5-4-8(6-11)7-14/h3-7,9H,1H2,2H3/b5-4+,8-6-. The van der Waals surface area contributed by atoms with Crippen molar-refractivity contribution in [2.75, 3.05) is 0 Å². The normalized spacial score (nSPS) is 19.0. The molecule has 14 heavy (non-hydrogen) atoms. The Morgan fingerprint density at radius 1 is 1.57 bits per heavy atom. The van der Waals surface area contributed by atoms with Gasteiger partial charge in [-0.2, -0.15) is 0 Å². The molecule has 1 nitrogen and oxygen atoms in total. The maximum atomic E-state index is 10.4. The molecule has 0 rings (SSSR count). The molecule has 0 aromatic heterocycles. The van der Waals surface area contributed by atoms with Crippen LogP contribution in [0.5, 0.6) is 0 Å². The van der Waals surface area contributed by atoms with Crippen LogP contribution >= 0.6 is 34.8 Å². The molecule has 0 aromatic rings. The molecule has 0 aromatic carbocycles. The van der Waals surface area contributed by atoms with Crippen LogP contribution in [0.1, 0.15) is 6.92 Å². The highest BCUT2D eigenvalue weighted by atomic mass is 35.5. The summed E-state index contributed by atoms with van der Waals surface area (Å²) >= 11 is 17.3. The van der Waals surface area contributed by atoms with E-state index < -0.39 is 10.3 Å². The maximum Gasteiger partial charge on any atom is 0.150 e. The second-order valence-electron chi connectivity index (χ2n) is 2.84. The summed E-state index contributed by atoms with van der Waals surface area (Å²) in [6, 6.07) is 0. The molecule has 0 aliphatic heterocycles. The SMILES string of the molecule is C=CC(C)(Cl)C(Cl)/C=C/C(C=O)=C/Cl. The Bertz CT molecular complexity index is 267. The number of carbonyl (C=O) groups is 1. The lowest BCUT2D eigenvalue weighted by Crippen LogP contribution is -2.24. The highest BCUT2D eigenvalue weighted by Gasteiger charge is 2.24. The summed E-state index contributed by atoms with van der Waals surface area (Å²) in [5.41, 5.74) is 1.51. The van der Waals surface area contributed by atoms with Crippen molar-refractivity contribution in [1.82, 2.24) is 0 Å². The smallest absolute Gasteiger partial charge is 0.150 e. The monoisotopic (exact) mass is 252 g/mol. The van der Waals surface area contributed by atoms with Crippen LogP contribution in [0.2, 0.25) is 0 Å².